The molecule has 5 nitrogen and oxygen atoms in total. The minimum absolute atomic E-state index is 0.0581. The monoisotopic (exact) mass is 401 g/mol. The van der Waals surface area contributed by atoms with Crippen molar-refractivity contribution in [3.8, 4) is 11.5 Å². The fraction of sp³-hybridized carbons (Fsp3) is 0.409. The third kappa shape index (κ3) is 5.42. The Kier molecular flexibility index (Phi) is 7.62. The highest BCUT2D eigenvalue weighted by molar-refractivity contribution is 7.99. The fourth-order valence-electron chi connectivity index (χ4n) is 3.22. The van der Waals surface area contributed by atoms with Crippen LogP contribution in [0.25, 0.3) is 0 Å². The lowest BCUT2D eigenvalue weighted by Crippen LogP contribution is -2.26. The lowest BCUT2D eigenvalue weighted by Gasteiger charge is -2.13. The number of benzene rings is 2. The number of hydrogen-bond acceptors (Lipinski definition) is 5. The lowest BCUT2D eigenvalue weighted by atomic mass is 10.1. The minimum Gasteiger partial charge on any atom is -0.497 e. The van der Waals surface area contributed by atoms with Gasteiger partial charge in [0.1, 0.15) is 11.5 Å². The molecule has 150 valence electrons. The second-order valence-electron chi connectivity index (χ2n) is 6.63. The number of hydrogen-bond donors (Lipinski definition) is 1. The van der Waals surface area contributed by atoms with Gasteiger partial charge in [-0.15, -0.1) is 11.8 Å². The van der Waals surface area contributed by atoms with Crippen molar-refractivity contribution in [3.63, 3.8) is 0 Å². The molecule has 1 N–H and O–H groups in total. The Bertz CT molecular complexity index is 790. The van der Waals surface area contributed by atoms with Crippen molar-refractivity contribution in [2.24, 2.45) is 0 Å². The Morgan fingerprint density at radius 3 is 2.82 bits per heavy atom. The average molecular weight is 402 g/mol. The molecule has 0 spiro atoms. The van der Waals surface area contributed by atoms with Gasteiger partial charge in [-0.05, 0) is 55.2 Å². The molecular weight excluding hydrogens is 374 g/mol. The molecular formula is C22H27NO4S. The van der Waals surface area contributed by atoms with Crippen molar-refractivity contribution in [1.82, 2.24) is 5.32 Å². The van der Waals surface area contributed by atoms with Crippen LogP contribution in [0.15, 0.2) is 47.4 Å². The molecule has 1 heterocycles. The van der Waals surface area contributed by atoms with Crippen molar-refractivity contribution in [2.45, 2.75) is 30.3 Å². The van der Waals surface area contributed by atoms with Gasteiger partial charge in [0.25, 0.3) is 5.91 Å². The average Bonchev–Trinajstić information content (AvgIpc) is 3.26. The van der Waals surface area contributed by atoms with E-state index in [0.717, 1.165) is 47.2 Å². The van der Waals surface area contributed by atoms with Crippen molar-refractivity contribution in [2.75, 3.05) is 33.1 Å². The van der Waals surface area contributed by atoms with E-state index in [9.17, 15) is 4.79 Å². The Balaban J connectivity index is 1.58. The van der Waals surface area contributed by atoms with Crippen LogP contribution in [0.3, 0.4) is 0 Å². The molecule has 0 radical (unpaired) electrons. The molecule has 2 aromatic carbocycles. The van der Waals surface area contributed by atoms with E-state index in [-0.39, 0.29) is 5.91 Å². The summed E-state index contributed by atoms with van der Waals surface area (Å²) in [6.45, 7) is 1.37. The Hall–Kier alpha value is -2.18. The summed E-state index contributed by atoms with van der Waals surface area (Å²) in [4.78, 5) is 13.7. The molecule has 3 rings (SSSR count). The minimum atomic E-state index is -0.0581. The third-order valence-electron chi connectivity index (χ3n) is 4.75. The van der Waals surface area contributed by atoms with Crippen LogP contribution in [0, 0.1) is 0 Å². The maximum atomic E-state index is 12.7. The summed E-state index contributed by atoms with van der Waals surface area (Å²) in [5.74, 6) is 2.39. The van der Waals surface area contributed by atoms with Crippen LogP contribution >= 0.6 is 11.8 Å². The first-order chi connectivity index (χ1) is 13.7. The molecule has 1 amide bonds. The smallest absolute Gasteiger partial charge is 0.252 e. The molecule has 1 aliphatic heterocycles. The normalized spacial score (nSPS) is 16.0. The second kappa shape index (κ2) is 10.4. The molecule has 1 unspecified atom stereocenters. The standard InChI is InChI=1S/C22H27NO4S/c1-25-17-9-10-20(26-2)16(14-17)11-12-23-22(24)19-7-3-4-8-21(19)28-15-18-6-5-13-27-18/h3-4,7-10,14,18H,5-6,11-13,15H2,1-2H3,(H,23,24). The Labute approximate surface area is 170 Å². The number of carbonyl (C=O) groups is 1. The predicted octanol–water partition coefficient (Wildman–Crippen LogP) is 3.95. The van der Waals surface area contributed by atoms with E-state index in [1.807, 2.05) is 42.5 Å². The molecule has 0 bridgehead atoms. The maximum Gasteiger partial charge on any atom is 0.252 e. The van der Waals surface area contributed by atoms with Gasteiger partial charge < -0.3 is 19.5 Å². The summed E-state index contributed by atoms with van der Waals surface area (Å²) >= 11 is 1.69. The first-order valence-corrected chi connectivity index (χ1v) is 10.5. The van der Waals surface area contributed by atoms with E-state index in [0.29, 0.717) is 24.6 Å². The van der Waals surface area contributed by atoms with Gasteiger partial charge in [0.2, 0.25) is 0 Å². The van der Waals surface area contributed by atoms with Crippen LogP contribution in [0.5, 0.6) is 11.5 Å². The summed E-state index contributed by atoms with van der Waals surface area (Å²) in [6.07, 6.45) is 3.18. The summed E-state index contributed by atoms with van der Waals surface area (Å²) in [6, 6.07) is 13.4. The summed E-state index contributed by atoms with van der Waals surface area (Å²) in [5.41, 5.74) is 1.71. The van der Waals surface area contributed by atoms with Crippen LogP contribution in [-0.4, -0.2) is 45.1 Å². The van der Waals surface area contributed by atoms with E-state index in [2.05, 4.69) is 5.32 Å². The number of thioether (sulfide) groups is 1. The van der Waals surface area contributed by atoms with Gasteiger partial charge in [0, 0.05) is 23.8 Å². The summed E-state index contributed by atoms with van der Waals surface area (Å²) in [5, 5.41) is 3.02. The van der Waals surface area contributed by atoms with Gasteiger partial charge in [-0.2, -0.15) is 0 Å². The summed E-state index contributed by atoms with van der Waals surface area (Å²) in [7, 11) is 3.28. The first-order valence-electron chi connectivity index (χ1n) is 9.54. The van der Waals surface area contributed by atoms with Crippen LogP contribution in [-0.2, 0) is 11.2 Å². The highest BCUT2D eigenvalue weighted by Crippen LogP contribution is 2.27. The van der Waals surface area contributed by atoms with Crippen molar-refractivity contribution in [3.05, 3.63) is 53.6 Å². The molecule has 2 aromatic rings. The number of ether oxygens (including phenoxy) is 3. The zero-order chi connectivity index (χ0) is 19.8. The van der Waals surface area contributed by atoms with Gasteiger partial charge in [0.05, 0.1) is 25.9 Å². The SMILES string of the molecule is COc1ccc(OC)c(CCNC(=O)c2ccccc2SCC2CCCO2)c1. The van der Waals surface area contributed by atoms with E-state index in [1.165, 1.54) is 0 Å². The third-order valence-corrected chi connectivity index (χ3v) is 5.95. The van der Waals surface area contributed by atoms with Gasteiger partial charge >= 0.3 is 0 Å². The zero-order valence-corrected chi connectivity index (χ0v) is 17.2. The molecule has 1 atom stereocenters. The second-order valence-corrected chi connectivity index (χ2v) is 7.69. The highest BCUT2D eigenvalue weighted by Gasteiger charge is 2.18. The van der Waals surface area contributed by atoms with E-state index >= 15 is 0 Å². The van der Waals surface area contributed by atoms with Gasteiger partial charge in [-0.1, -0.05) is 12.1 Å². The number of methoxy groups -OCH3 is 2. The fourth-order valence-corrected chi connectivity index (χ4v) is 4.34. The summed E-state index contributed by atoms with van der Waals surface area (Å²) < 4.78 is 16.4. The maximum absolute atomic E-state index is 12.7. The van der Waals surface area contributed by atoms with E-state index in [4.69, 9.17) is 14.2 Å². The number of rotatable bonds is 9. The van der Waals surface area contributed by atoms with E-state index < -0.39 is 0 Å². The van der Waals surface area contributed by atoms with Gasteiger partial charge in [-0.3, -0.25) is 4.79 Å². The van der Waals surface area contributed by atoms with Crippen LogP contribution < -0.4 is 14.8 Å². The molecule has 1 aliphatic rings. The van der Waals surface area contributed by atoms with Crippen LogP contribution in [0.2, 0.25) is 0 Å². The lowest BCUT2D eigenvalue weighted by molar-refractivity contribution is 0.0951. The quantitative estimate of drug-likeness (QED) is 0.645. The Morgan fingerprint density at radius 2 is 2.07 bits per heavy atom. The van der Waals surface area contributed by atoms with Crippen molar-refractivity contribution < 1.29 is 19.0 Å². The first kappa shape index (κ1) is 20.6. The van der Waals surface area contributed by atoms with Crippen molar-refractivity contribution >= 4 is 17.7 Å². The van der Waals surface area contributed by atoms with Gasteiger partial charge in [-0.25, -0.2) is 0 Å². The molecule has 1 saturated heterocycles. The number of nitrogens with one attached hydrogen (secondary N) is 1. The van der Waals surface area contributed by atoms with Crippen molar-refractivity contribution in [1.29, 1.82) is 0 Å². The topological polar surface area (TPSA) is 56.8 Å². The molecule has 1 fully saturated rings. The molecule has 0 saturated carbocycles. The molecule has 0 aliphatic carbocycles. The molecule has 28 heavy (non-hydrogen) atoms. The Morgan fingerprint density at radius 1 is 1.21 bits per heavy atom. The van der Waals surface area contributed by atoms with Crippen LogP contribution in [0.4, 0.5) is 0 Å². The van der Waals surface area contributed by atoms with Gasteiger partial charge in [0.15, 0.2) is 0 Å². The number of carbonyl (C=O) groups excluding carboxylic acids is 1. The zero-order valence-electron chi connectivity index (χ0n) is 16.4. The molecule has 6 heteroatoms. The number of amides is 1. The predicted molar refractivity (Wildman–Crippen MR) is 112 cm³/mol. The largest absolute Gasteiger partial charge is 0.497 e. The highest BCUT2D eigenvalue weighted by atomic mass is 32.2. The molecule has 0 aromatic heterocycles. The van der Waals surface area contributed by atoms with E-state index in [1.54, 1.807) is 26.0 Å². The van der Waals surface area contributed by atoms with Crippen LogP contribution in [0.1, 0.15) is 28.8 Å².